The highest BCUT2D eigenvalue weighted by atomic mass is 28.4. The van der Waals surface area contributed by atoms with E-state index in [1.807, 2.05) is 52.9 Å². The molecule has 2 aromatic rings. The van der Waals surface area contributed by atoms with Crippen molar-refractivity contribution in [2.75, 3.05) is 7.11 Å². The van der Waals surface area contributed by atoms with Crippen LogP contribution in [0.4, 0.5) is 0 Å². The molecule has 0 saturated heterocycles. The van der Waals surface area contributed by atoms with E-state index in [4.69, 9.17) is 9.16 Å². The number of hydrogen-bond acceptors (Lipinski definition) is 6. The largest absolute Gasteiger partial charge is 0.469 e. The molecular formula is C36H60N2O5Si. The number of carbonyl (C=O) groups excluding carboxylic acids is 2. The highest BCUT2D eigenvalue weighted by molar-refractivity contribution is 6.74. The summed E-state index contributed by atoms with van der Waals surface area (Å²) in [6.45, 7) is 23.1. The summed E-state index contributed by atoms with van der Waals surface area (Å²) < 4.78 is 13.8. The lowest BCUT2D eigenvalue weighted by Crippen LogP contribution is -2.52. The lowest BCUT2D eigenvalue weighted by molar-refractivity contribution is -0.147. The fourth-order valence-corrected chi connectivity index (χ4v) is 6.98. The number of aryl methyl sites for hydroxylation is 2. The van der Waals surface area contributed by atoms with E-state index in [1.165, 1.54) is 7.11 Å². The maximum atomic E-state index is 14.0. The molecule has 0 amide bonds. The van der Waals surface area contributed by atoms with E-state index in [0.717, 1.165) is 41.7 Å². The molecule has 1 N–H and O–H groups in total. The van der Waals surface area contributed by atoms with E-state index >= 15 is 0 Å². The van der Waals surface area contributed by atoms with Gasteiger partial charge in [-0.3, -0.25) is 9.59 Å². The molecule has 8 heteroatoms. The Morgan fingerprint density at radius 2 is 1.73 bits per heavy atom. The van der Waals surface area contributed by atoms with Gasteiger partial charge in [-0.1, -0.05) is 80.0 Å². The Labute approximate surface area is 267 Å². The number of benzene rings is 1. The van der Waals surface area contributed by atoms with Crippen molar-refractivity contribution in [3.8, 4) is 0 Å². The molecule has 5 atom stereocenters. The van der Waals surface area contributed by atoms with Gasteiger partial charge in [-0.05, 0) is 73.9 Å². The Morgan fingerprint density at radius 3 is 2.32 bits per heavy atom. The number of hydrogen-bond donors (Lipinski definition) is 1. The van der Waals surface area contributed by atoms with Gasteiger partial charge >= 0.3 is 5.97 Å². The van der Waals surface area contributed by atoms with E-state index in [9.17, 15) is 14.7 Å². The quantitative estimate of drug-likeness (QED) is 0.0868. The lowest BCUT2D eigenvalue weighted by Gasteiger charge is -2.44. The number of fused-ring (bicyclic) bond motifs is 1. The normalized spacial score (nSPS) is 16.6. The van der Waals surface area contributed by atoms with Crippen molar-refractivity contribution in [3.63, 3.8) is 0 Å². The first-order valence-corrected chi connectivity index (χ1v) is 19.2. The Hall–Kier alpha value is -2.29. The van der Waals surface area contributed by atoms with Gasteiger partial charge in [-0.2, -0.15) is 0 Å². The number of allylic oxidation sites excluding steroid dienone is 1. The zero-order valence-corrected chi connectivity index (χ0v) is 30.8. The van der Waals surface area contributed by atoms with Crippen molar-refractivity contribution in [1.82, 2.24) is 9.55 Å². The first-order chi connectivity index (χ1) is 20.2. The van der Waals surface area contributed by atoms with Gasteiger partial charge in [0.2, 0.25) is 0 Å². The van der Waals surface area contributed by atoms with Crippen LogP contribution in [0.2, 0.25) is 18.1 Å². The molecule has 1 aromatic heterocycles. The molecule has 248 valence electrons. The van der Waals surface area contributed by atoms with Crippen LogP contribution in [0, 0.1) is 30.1 Å². The molecule has 0 aliphatic heterocycles. The van der Waals surface area contributed by atoms with E-state index in [0.29, 0.717) is 12.3 Å². The maximum Gasteiger partial charge on any atom is 0.308 e. The molecule has 1 heterocycles. The third-order valence-corrected chi connectivity index (χ3v) is 14.9. The van der Waals surface area contributed by atoms with Gasteiger partial charge in [0.25, 0.3) is 0 Å². The minimum absolute atomic E-state index is 0.0480. The highest BCUT2D eigenvalue weighted by Crippen LogP contribution is 2.42. The minimum Gasteiger partial charge on any atom is -0.469 e. The van der Waals surface area contributed by atoms with Crippen molar-refractivity contribution in [2.45, 2.75) is 125 Å². The van der Waals surface area contributed by atoms with Gasteiger partial charge in [0.15, 0.2) is 8.32 Å². The number of methoxy groups -OCH3 is 1. The van der Waals surface area contributed by atoms with Crippen LogP contribution in [0.1, 0.15) is 105 Å². The number of aromatic nitrogens is 2. The van der Waals surface area contributed by atoms with Crippen LogP contribution < -0.4 is 0 Å². The molecule has 0 radical (unpaired) electrons. The van der Waals surface area contributed by atoms with Gasteiger partial charge in [0.05, 0.1) is 36.8 Å². The van der Waals surface area contributed by atoms with E-state index in [1.54, 1.807) is 0 Å². The molecular weight excluding hydrogens is 568 g/mol. The molecule has 0 unspecified atom stereocenters. The molecule has 0 bridgehead atoms. The van der Waals surface area contributed by atoms with Crippen LogP contribution in [0.3, 0.4) is 0 Å². The predicted molar refractivity (Wildman–Crippen MR) is 183 cm³/mol. The summed E-state index contributed by atoms with van der Waals surface area (Å²) in [6, 6.07) is 5.98. The van der Waals surface area contributed by atoms with Crippen molar-refractivity contribution in [2.24, 2.45) is 30.2 Å². The fraction of sp³-hybridized carbons (Fsp3) is 0.694. The van der Waals surface area contributed by atoms with E-state index in [2.05, 4.69) is 69.4 Å². The molecule has 0 fully saturated rings. The lowest BCUT2D eigenvalue weighted by atomic mass is 9.70. The second kappa shape index (κ2) is 15.3. The Morgan fingerprint density at radius 1 is 1.09 bits per heavy atom. The summed E-state index contributed by atoms with van der Waals surface area (Å²) in [5, 5.41) is 10.7. The smallest absolute Gasteiger partial charge is 0.308 e. The Balaban J connectivity index is 1.94. The second-order valence-electron chi connectivity index (χ2n) is 15.0. The Kier molecular flexibility index (Phi) is 13.2. The summed E-state index contributed by atoms with van der Waals surface area (Å²) in [6.07, 6.45) is 6.69. The number of carbonyl (C=O) groups is 2. The Bertz CT molecular complexity index is 1290. The van der Waals surface area contributed by atoms with Gasteiger partial charge in [-0.25, -0.2) is 4.98 Å². The molecule has 2 rings (SSSR count). The van der Waals surface area contributed by atoms with Crippen molar-refractivity contribution in [3.05, 3.63) is 41.7 Å². The summed E-state index contributed by atoms with van der Waals surface area (Å²) in [7, 11) is 1.14. The number of esters is 1. The number of aliphatic hydroxyl groups is 1. The van der Waals surface area contributed by atoms with Crippen molar-refractivity contribution >= 4 is 31.1 Å². The first kappa shape index (κ1) is 37.9. The third kappa shape index (κ3) is 9.36. The fourth-order valence-electron chi connectivity index (χ4n) is 5.53. The number of ketones is 1. The van der Waals surface area contributed by atoms with Gasteiger partial charge < -0.3 is 18.8 Å². The van der Waals surface area contributed by atoms with Gasteiger partial charge in [-0.15, -0.1) is 0 Å². The number of rotatable bonds is 16. The number of unbranched alkanes of at least 4 members (excludes halogenated alkanes) is 1. The molecule has 44 heavy (non-hydrogen) atoms. The summed E-state index contributed by atoms with van der Waals surface area (Å²) >= 11 is 0. The van der Waals surface area contributed by atoms with E-state index < -0.39 is 25.9 Å². The summed E-state index contributed by atoms with van der Waals surface area (Å²) in [4.78, 5) is 30.9. The minimum atomic E-state index is -2.24. The number of aliphatic hydroxyl groups excluding tert-OH is 1. The summed E-state index contributed by atoms with van der Waals surface area (Å²) in [5.74, 6) is 1.11. The van der Waals surface area contributed by atoms with Gasteiger partial charge in [0, 0.05) is 18.4 Å². The summed E-state index contributed by atoms with van der Waals surface area (Å²) in [5.41, 5.74) is 2.03. The van der Waals surface area contributed by atoms with Crippen LogP contribution in [-0.4, -0.2) is 47.9 Å². The van der Waals surface area contributed by atoms with Crippen molar-refractivity contribution < 1.29 is 23.9 Å². The second-order valence-corrected chi connectivity index (χ2v) is 19.7. The first-order valence-electron chi connectivity index (χ1n) is 16.3. The molecule has 0 saturated carbocycles. The zero-order chi connectivity index (χ0) is 33.6. The molecule has 7 nitrogen and oxygen atoms in total. The standard InChI is InChI=1S/C36H60N2O5Si/c1-24(18-16-14-15-17-19-31(39)28-20-21-30-29(22-28)37-27(4)38(30)10)25(2)26(3)34(41)36(8,9)32(23-33(40)42-11)43-44(12,13)35(5,6)7/h15,17,20-22,24-26,31-32,39H,14,16,18-19,23H2,1-13H3/b17-15+/t24-,25-,26+,31+,32-/m0/s1. The van der Waals surface area contributed by atoms with Crippen LogP contribution in [0.15, 0.2) is 30.4 Å². The molecule has 0 aliphatic carbocycles. The van der Waals surface area contributed by atoms with Gasteiger partial charge in [0.1, 0.15) is 11.6 Å². The SMILES string of the molecule is COC(=O)C[C@H](O[Si](C)(C)C(C)(C)C)C(C)(C)C(=O)[C@H](C)[C@@H](C)[C@@H](C)CCC/C=C/C[C@@H](O)c1ccc2c(c1)nc(C)n2C. The maximum absolute atomic E-state index is 14.0. The molecule has 1 aromatic carbocycles. The number of ether oxygens (including phenoxy) is 1. The van der Waals surface area contributed by atoms with Crippen LogP contribution >= 0.6 is 0 Å². The van der Waals surface area contributed by atoms with Crippen LogP contribution in [0.5, 0.6) is 0 Å². The number of imidazole rings is 1. The zero-order valence-electron chi connectivity index (χ0n) is 29.8. The molecule has 0 spiro atoms. The number of nitrogens with zero attached hydrogens (tertiary/aromatic N) is 2. The highest BCUT2D eigenvalue weighted by Gasteiger charge is 2.47. The van der Waals surface area contributed by atoms with Crippen molar-refractivity contribution in [1.29, 1.82) is 0 Å². The monoisotopic (exact) mass is 628 g/mol. The number of Topliss-reactive ketones (excluding diaryl/α,β-unsaturated/α-hetero) is 1. The van der Waals surface area contributed by atoms with E-state index in [-0.39, 0.29) is 35.0 Å². The van der Waals surface area contributed by atoms with Crippen LogP contribution in [0.25, 0.3) is 11.0 Å². The average Bonchev–Trinajstić information content (AvgIpc) is 3.24. The molecule has 0 aliphatic rings. The average molecular weight is 629 g/mol. The topological polar surface area (TPSA) is 90.7 Å². The van der Waals surface area contributed by atoms with Crippen LogP contribution in [-0.2, 0) is 25.8 Å². The predicted octanol–water partition coefficient (Wildman–Crippen LogP) is 8.49. The third-order valence-electron chi connectivity index (χ3n) is 10.4.